The molecular formula is C17H21NOS. The van der Waals surface area contributed by atoms with Crippen LogP contribution in [0.2, 0.25) is 0 Å². The fraction of sp³-hybridized carbons (Fsp3) is 0.412. The number of benzene rings is 1. The molecule has 0 aliphatic heterocycles. The first-order valence-corrected chi connectivity index (χ1v) is 7.85. The van der Waals surface area contributed by atoms with Gasteiger partial charge in [0.05, 0.1) is 10.7 Å². The van der Waals surface area contributed by atoms with E-state index < -0.39 is 0 Å². The fourth-order valence-corrected chi connectivity index (χ4v) is 3.03. The molecule has 0 amide bonds. The molecule has 0 spiro atoms. The van der Waals surface area contributed by atoms with Crippen molar-refractivity contribution in [3.63, 3.8) is 0 Å². The summed E-state index contributed by atoms with van der Waals surface area (Å²) in [6, 6.07) is 7.89. The number of carbonyl (C=O) groups excluding carboxylic acids is 1. The second-order valence-corrected chi connectivity index (χ2v) is 6.97. The smallest absolute Gasteiger partial charge is 0.162 e. The number of hydrogen-bond acceptors (Lipinski definition) is 3. The van der Waals surface area contributed by atoms with Crippen molar-refractivity contribution in [3.05, 3.63) is 51.5 Å². The zero-order valence-corrected chi connectivity index (χ0v) is 13.4. The van der Waals surface area contributed by atoms with Crippen molar-refractivity contribution in [1.82, 2.24) is 4.98 Å². The van der Waals surface area contributed by atoms with E-state index in [1.54, 1.807) is 11.3 Å². The molecule has 1 aromatic heterocycles. The molecule has 2 nitrogen and oxygen atoms in total. The van der Waals surface area contributed by atoms with Gasteiger partial charge in [0, 0.05) is 29.2 Å². The van der Waals surface area contributed by atoms with Crippen LogP contribution in [0.3, 0.4) is 0 Å². The third-order valence-corrected chi connectivity index (χ3v) is 4.09. The van der Waals surface area contributed by atoms with E-state index in [1.165, 1.54) is 0 Å². The van der Waals surface area contributed by atoms with Crippen LogP contribution in [0.1, 0.15) is 60.7 Å². The third-order valence-electron chi connectivity index (χ3n) is 3.25. The van der Waals surface area contributed by atoms with Crippen LogP contribution in [0.15, 0.2) is 29.6 Å². The Kier molecular flexibility index (Phi) is 4.39. The summed E-state index contributed by atoms with van der Waals surface area (Å²) < 4.78 is 0. The molecule has 0 saturated carbocycles. The lowest BCUT2D eigenvalue weighted by Crippen LogP contribution is -2.11. The molecule has 0 aliphatic carbocycles. The first-order valence-electron chi connectivity index (χ1n) is 6.97. The summed E-state index contributed by atoms with van der Waals surface area (Å²) in [5.74, 6) is 0.196. The molecule has 1 aromatic carbocycles. The first kappa shape index (κ1) is 14.9. The van der Waals surface area contributed by atoms with Crippen LogP contribution in [0.25, 0.3) is 0 Å². The second kappa shape index (κ2) is 5.88. The molecule has 0 saturated heterocycles. The van der Waals surface area contributed by atoms with Gasteiger partial charge in [-0.3, -0.25) is 4.79 Å². The first-order chi connectivity index (χ1) is 9.40. The normalized spacial score (nSPS) is 11.6. The lowest BCUT2D eigenvalue weighted by molar-refractivity contribution is 0.0988. The standard InChI is InChI=1S/C17H21NOS/c1-5-14(19)13-8-6-7-12(9-13)10-16-18-15(11-20-16)17(2,3)4/h6-9,11H,5,10H2,1-4H3. The molecule has 2 aromatic rings. The Morgan fingerprint density at radius 1 is 1.30 bits per heavy atom. The van der Waals surface area contributed by atoms with Crippen LogP contribution >= 0.6 is 11.3 Å². The Bertz CT molecular complexity index is 607. The van der Waals surface area contributed by atoms with Crippen LogP contribution in [-0.4, -0.2) is 10.8 Å². The van der Waals surface area contributed by atoms with E-state index in [1.807, 2.05) is 25.1 Å². The van der Waals surface area contributed by atoms with Crippen molar-refractivity contribution < 1.29 is 4.79 Å². The molecule has 0 bridgehead atoms. The van der Waals surface area contributed by atoms with E-state index in [2.05, 4.69) is 32.2 Å². The third kappa shape index (κ3) is 3.54. The number of hydrogen-bond donors (Lipinski definition) is 0. The number of thiazole rings is 1. The molecule has 1 heterocycles. The van der Waals surface area contributed by atoms with E-state index in [9.17, 15) is 4.79 Å². The van der Waals surface area contributed by atoms with E-state index in [4.69, 9.17) is 4.98 Å². The van der Waals surface area contributed by atoms with Gasteiger partial charge in [-0.1, -0.05) is 45.9 Å². The maximum absolute atomic E-state index is 11.7. The summed E-state index contributed by atoms with van der Waals surface area (Å²) in [4.78, 5) is 16.4. The Hall–Kier alpha value is -1.48. The molecule has 106 valence electrons. The van der Waals surface area contributed by atoms with Crippen molar-refractivity contribution >= 4 is 17.1 Å². The summed E-state index contributed by atoms with van der Waals surface area (Å²) in [7, 11) is 0. The predicted octanol–water partition coefficient (Wildman–Crippen LogP) is 4.62. The Labute approximate surface area is 124 Å². The quantitative estimate of drug-likeness (QED) is 0.768. The monoisotopic (exact) mass is 287 g/mol. The molecule has 0 fully saturated rings. The Balaban J connectivity index is 2.18. The van der Waals surface area contributed by atoms with Crippen LogP contribution in [0.4, 0.5) is 0 Å². The molecular weight excluding hydrogens is 266 g/mol. The van der Waals surface area contributed by atoms with Gasteiger partial charge in [0.1, 0.15) is 0 Å². The average molecular weight is 287 g/mol. The molecule has 0 N–H and O–H groups in total. The highest BCUT2D eigenvalue weighted by Gasteiger charge is 2.17. The minimum absolute atomic E-state index is 0.0920. The largest absolute Gasteiger partial charge is 0.294 e. The molecule has 0 aliphatic rings. The van der Waals surface area contributed by atoms with Gasteiger partial charge in [-0.05, 0) is 11.6 Å². The van der Waals surface area contributed by atoms with Crippen molar-refractivity contribution in [2.45, 2.75) is 46.0 Å². The van der Waals surface area contributed by atoms with Gasteiger partial charge < -0.3 is 0 Å². The maximum Gasteiger partial charge on any atom is 0.162 e. The van der Waals surface area contributed by atoms with Crippen molar-refractivity contribution in [2.75, 3.05) is 0 Å². The van der Waals surface area contributed by atoms with Crippen LogP contribution in [0, 0.1) is 0 Å². The van der Waals surface area contributed by atoms with Crippen LogP contribution in [-0.2, 0) is 11.8 Å². The molecule has 20 heavy (non-hydrogen) atoms. The summed E-state index contributed by atoms with van der Waals surface area (Å²) in [5, 5.41) is 3.24. The lowest BCUT2D eigenvalue weighted by atomic mass is 9.93. The highest BCUT2D eigenvalue weighted by Crippen LogP contribution is 2.25. The van der Waals surface area contributed by atoms with E-state index >= 15 is 0 Å². The van der Waals surface area contributed by atoms with Crippen LogP contribution in [0.5, 0.6) is 0 Å². The van der Waals surface area contributed by atoms with Crippen molar-refractivity contribution in [1.29, 1.82) is 0 Å². The SMILES string of the molecule is CCC(=O)c1cccc(Cc2nc(C(C)(C)C)cs2)c1. The molecule has 0 unspecified atom stereocenters. The zero-order chi connectivity index (χ0) is 14.8. The second-order valence-electron chi connectivity index (χ2n) is 6.03. The number of Topliss-reactive ketones (excluding diaryl/α,β-unsaturated/α-hetero) is 1. The lowest BCUT2D eigenvalue weighted by Gasteiger charge is -2.14. The van der Waals surface area contributed by atoms with Gasteiger partial charge in [0.15, 0.2) is 5.78 Å². The predicted molar refractivity (Wildman–Crippen MR) is 84.7 cm³/mol. The maximum atomic E-state index is 11.7. The van der Waals surface area contributed by atoms with Gasteiger partial charge in [0.25, 0.3) is 0 Å². The zero-order valence-electron chi connectivity index (χ0n) is 12.6. The van der Waals surface area contributed by atoms with Gasteiger partial charge in [-0.15, -0.1) is 11.3 Å². The van der Waals surface area contributed by atoms with Gasteiger partial charge in [-0.25, -0.2) is 4.98 Å². The summed E-state index contributed by atoms with van der Waals surface area (Å²) in [6.07, 6.45) is 1.35. The Morgan fingerprint density at radius 3 is 2.65 bits per heavy atom. The number of ketones is 1. The summed E-state index contributed by atoms with van der Waals surface area (Å²) in [5.41, 5.74) is 3.18. The highest BCUT2D eigenvalue weighted by atomic mass is 32.1. The van der Waals surface area contributed by atoms with E-state index in [0.717, 1.165) is 28.2 Å². The molecule has 0 radical (unpaired) electrons. The van der Waals surface area contributed by atoms with Gasteiger partial charge in [0.2, 0.25) is 0 Å². The molecule has 3 heteroatoms. The number of carbonyl (C=O) groups is 1. The number of aromatic nitrogens is 1. The number of rotatable bonds is 4. The Morgan fingerprint density at radius 2 is 2.05 bits per heavy atom. The average Bonchev–Trinajstić information content (AvgIpc) is 2.86. The van der Waals surface area contributed by atoms with Gasteiger partial charge in [-0.2, -0.15) is 0 Å². The van der Waals surface area contributed by atoms with Crippen molar-refractivity contribution in [2.24, 2.45) is 0 Å². The highest BCUT2D eigenvalue weighted by molar-refractivity contribution is 7.09. The van der Waals surface area contributed by atoms with E-state index in [0.29, 0.717) is 6.42 Å². The minimum Gasteiger partial charge on any atom is -0.294 e. The number of nitrogens with zero attached hydrogens (tertiary/aromatic N) is 1. The topological polar surface area (TPSA) is 30.0 Å². The van der Waals surface area contributed by atoms with Crippen molar-refractivity contribution in [3.8, 4) is 0 Å². The summed E-state index contributed by atoms with van der Waals surface area (Å²) in [6.45, 7) is 8.41. The molecule has 2 rings (SSSR count). The fourth-order valence-electron chi connectivity index (χ4n) is 1.97. The van der Waals surface area contributed by atoms with Crippen LogP contribution < -0.4 is 0 Å². The van der Waals surface area contributed by atoms with Gasteiger partial charge >= 0.3 is 0 Å². The molecule has 0 atom stereocenters. The summed E-state index contributed by atoms with van der Waals surface area (Å²) >= 11 is 1.70. The minimum atomic E-state index is 0.0920. The van der Waals surface area contributed by atoms with E-state index in [-0.39, 0.29) is 11.2 Å².